The summed E-state index contributed by atoms with van der Waals surface area (Å²) in [6.45, 7) is 5.32. The number of aryl methyl sites for hydroxylation is 1. The highest BCUT2D eigenvalue weighted by Crippen LogP contribution is 2.22. The second-order valence-corrected chi connectivity index (χ2v) is 5.87. The van der Waals surface area contributed by atoms with Crippen molar-refractivity contribution < 1.29 is 0 Å². The lowest BCUT2D eigenvalue weighted by Gasteiger charge is -2.20. The number of halogens is 1. The Bertz CT molecular complexity index is 557. The average molecular weight is 334 g/mol. The van der Waals surface area contributed by atoms with Gasteiger partial charge in [0, 0.05) is 35.3 Å². The van der Waals surface area contributed by atoms with Crippen LogP contribution in [-0.4, -0.2) is 16.5 Å². The van der Waals surface area contributed by atoms with Gasteiger partial charge in [-0.1, -0.05) is 6.92 Å². The van der Waals surface area contributed by atoms with Crippen molar-refractivity contribution in [3.63, 3.8) is 0 Å². The molecule has 0 aliphatic heterocycles. The van der Waals surface area contributed by atoms with Crippen molar-refractivity contribution >= 4 is 15.9 Å². The van der Waals surface area contributed by atoms with Crippen LogP contribution in [0.3, 0.4) is 0 Å². The molecule has 0 aliphatic rings. The van der Waals surface area contributed by atoms with E-state index in [-0.39, 0.29) is 6.04 Å². The van der Waals surface area contributed by atoms with E-state index in [2.05, 4.69) is 57.2 Å². The molecule has 1 atom stereocenters. The van der Waals surface area contributed by atoms with Gasteiger partial charge in [0.2, 0.25) is 0 Å². The third-order valence-electron chi connectivity index (χ3n) is 3.30. The Morgan fingerprint density at radius 1 is 1.25 bits per heavy atom. The van der Waals surface area contributed by atoms with Gasteiger partial charge in [0.05, 0.1) is 0 Å². The van der Waals surface area contributed by atoms with Gasteiger partial charge in [-0.2, -0.15) is 0 Å². The molecule has 0 aliphatic carbocycles. The number of pyridine rings is 2. The van der Waals surface area contributed by atoms with Crippen molar-refractivity contribution in [3.05, 3.63) is 58.1 Å². The molecule has 20 heavy (non-hydrogen) atoms. The zero-order valence-electron chi connectivity index (χ0n) is 11.9. The van der Waals surface area contributed by atoms with Gasteiger partial charge in [0.1, 0.15) is 0 Å². The molecule has 0 fully saturated rings. The normalized spacial score (nSPS) is 12.3. The first-order valence-electron chi connectivity index (χ1n) is 6.94. The Labute approximate surface area is 129 Å². The van der Waals surface area contributed by atoms with Crippen LogP contribution in [-0.2, 0) is 6.42 Å². The van der Waals surface area contributed by atoms with Crippen molar-refractivity contribution in [1.82, 2.24) is 15.3 Å². The van der Waals surface area contributed by atoms with Gasteiger partial charge in [0.15, 0.2) is 0 Å². The first-order valence-corrected chi connectivity index (χ1v) is 7.73. The van der Waals surface area contributed by atoms with Crippen molar-refractivity contribution in [2.45, 2.75) is 32.7 Å². The van der Waals surface area contributed by atoms with Gasteiger partial charge < -0.3 is 5.32 Å². The molecule has 0 saturated heterocycles. The number of nitrogens with zero attached hydrogens (tertiary/aromatic N) is 2. The topological polar surface area (TPSA) is 37.8 Å². The SMILES string of the molecule is CCCNC(Cc1cncc(Br)c1)c1cnccc1C. The van der Waals surface area contributed by atoms with E-state index < -0.39 is 0 Å². The fourth-order valence-electron chi connectivity index (χ4n) is 2.25. The Balaban J connectivity index is 2.22. The molecule has 1 unspecified atom stereocenters. The maximum atomic E-state index is 4.27. The van der Waals surface area contributed by atoms with Crippen LogP contribution in [0.4, 0.5) is 0 Å². The fourth-order valence-corrected chi connectivity index (χ4v) is 2.67. The lowest BCUT2D eigenvalue weighted by Crippen LogP contribution is -2.25. The van der Waals surface area contributed by atoms with Gasteiger partial charge in [-0.05, 0) is 71.1 Å². The summed E-state index contributed by atoms with van der Waals surface area (Å²) < 4.78 is 1.02. The zero-order valence-corrected chi connectivity index (χ0v) is 13.5. The van der Waals surface area contributed by atoms with E-state index in [0.717, 1.165) is 23.9 Å². The standard InChI is InChI=1S/C16H20BrN3/c1-3-5-20-16(15-11-18-6-4-12(15)2)8-13-7-14(17)10-19-9-13/h4,6-7,9-11,16,20H,3,5,8H2,1-2H3. The highest BCUT2D eigenvalue weighted by molar-refractivity contribution is 9.10. The molecular weight excluding hydrogens is 314 g/mol. The number of hydrogen-bond acceptors (Lipinski definition) is 3. The summed E-state index contributed by atoms with van der Waals surface area (Å²) in [5.74, 6) is 0. The predicted molar refractivity (Wildman–Crippen MR) is 85.6 cm³/mol. The van der Waals surface area contributed by atoms with E-state index in [4.69, 9.17) is 0 Å². The molecule has 0 aromatic carbocycles. The Morgan fingerprint density at radius 3 is 2.80 bits per heavy atom. The molecule has 2 aromatic rings. The molecule has 106 valence electrons. The van der Waals surface area contributed by atoms with E-state index in [0.29, 0.717) is 0 Å². The average Bonchev–Trinajstić information content (AvgIpc) is 2.44. The van der Waals surface area contributed by atoms with Crippen molar-refractivity contribution in [3.8, 4) is 0 Å². The van der Waals surface area contributed by atoms with Crippen LogP contribution in [0.25, 0.3) is 0 Å². The van der Waals surface area contributed by atoms with Crippen LogP contribution in [0, 0.1) is 6.92 Å². The highest BCUT2D eigenvalue weighted by Gasteiger charge is 2.14. The van der Waals surface area contributed by atoms with Crippen LogP contribution in [0.5, 0.6) is 0 Å². The Morgan fingerprint density at radius 2 is 2.10 bits per heavy atom. The number of aromatic nitrogens is 2. The summed E-state index contributed by atoms with van der Waals surface area (Å²) in [5.41, 5.74) is 3.76. The van der Waals surface area contributed by atoms with E-state index >= 15 is 0 Å². The van der Waals surface area contributed by atoms with Crippen LogP contribution in [0.15, 0.2) is 41.4 Å². The molecule has 3 nitrogen and oxygen atoms in total. The molecule has 1 N–H and O–H groups in total. The minimum Gasteiger partial charge on any atom is -0.310 e. The van der Waals surface area contributed by atoms with Gasteiger partial charge in [-0.3, -0.25) is 9.97 Å². The second-order valence-electron chi connectivity index (χ2n) is 4.95. The van der Waals surface area contributed by atoms with Crippen molar-refractivity contribution in [1.29, 1.82) is 0 Å². The van der Waals surface area contributed by atoms with Crippen molar-refractivity contribution in [2.24, 2.45) is 0 Å². The van der Waals surface area contributed by atoms with Gasteiger partial charge in [0.25, 0.3) is 0 Å². The molecule has 0 saturated carbocycles. The maximum Gasteiger partial charge on any atom is 0.0410 e. The molecule has 0 radical (unpaired) electrons. The van der Waals surface area contributed by atoms with Crippen LogP contribution in [0.2, 0.25) is 0 Å². The number of rotatable bonds is 6. The molecule has 2 heterocycles. The Hall–Kier alpha value is -1.26. The van der Waals surface area contributed by atoms with E-state index in [1.807, 2.05) is 24.8 Å². The summed E-state index contributed by atoms with van der Waals surface area (Å²) >= 11 is 3.48. The lowest BCUT2D eigenvalue weighted by molar-refractivity contribution is 0.525. The maximum absolute atomic E-state index is 4.27. The molecule has 2 rings (SSSR count). The molecule has 0 amide bonds. The third-order valence-corrected chi connectivity index (χ3v) is 3.73. The minimum absolute atomic E-state index is 0.278. The smallest absolute Gasteiger partial charge is 0.0410 e. The predicted octanol–water partition coefficient (Wildman–Crippen LogP) is 3.83. The zero-order chi connectivity index (χ0) is 14.4. The molecule has 4 heteroatoms. The van der Waals surface area contributed by atoms with Gasteiger partial charge >= 0.3 is 0 Å². The first-order chi connectivity index (χ1) is 9.70. The quantitative estimate of drug-likeness (QED) is 0.872. The van der Waals surface area contributed by atoms with Crippen LogP contribution in [0.1, 0.15) is 36.1 Å². The molecule has 0 spiro atoms. The summed E-state index contributed by atoms with van der Waals surface area (Å²) in [4.78, 5) is 8.51. The summed E-state index contributed by atoms with van der Waals surface area (Å²) in [6.07, 6.45) is 9.58. The summed E-state index contributed by atoms with van der Waals surface area (Å²) in [7, 11) is 0. The number of nitrogens with one attached hydrogen (secondary N) is 1. The second kappa shape index (κ2) is 7.50. The van der Waals surface area contributed by atoms with Crippen molar-refractivity contribution in [2.75, 3.05) is 6.54 Å². The highest BCUT2D eigenvalue weighted by atomic mass is 79.9. The monoisotopic (exact) mass is 333 g/mol. The summed E-state index contributed by atoms with van der Waals surface area (Å²) in [5, 5.41) is 3.61. The lowest BCUT2D eigenvalue weighted by atomic mass is 9.97. The van der Waals surface area contributed by atoms with E-state index in [1.165, 1.54) is 16.7 Å². The minimum atomic E-state index is 0.278. The van der Waals surface area contributed by atoms with Gasteiger partial charge in [-0.15, -0.1) is 0 Å². The largest absolute Gasteiger partial charge is 0.310 e. The first kappa shape index (κ1) is 15.1. The van der Waals surface area contributed by atoms with E-state index in [1.54, 1.807) is 0 Å². The number of hydrogen-bond donors (Lipinski definition) is 1. The molecular formula is C16H20BrN3. The molecule has 2 aromatic heterocycles. The Kier molecular flexibility index (Phi) is 5.68. The van der Waals surface area contributed by atoms with E-state index in [9.17, 15) is 0 Å². The molecule has 0 bridgehead atoms. The third kappa shape index (κ3) is 4.12. The van der Waals surface area contributed by atoms with Crippen LogP contribution < -0.4 is 5.32 Å². The van der Waals surface area contributed by atoms with Crippen LogP contribution >= 0.6 is 15.9 Å². The summed E-state index contributed by atoms with van der Waals surface area (Å²) in [6, 6.07) is 4.47. The van der Waals surface area contributed by atoms with Gasteiger partial charge in [-0.25, -0.2) is 0 Å². The fraction of sp³-hybridized carbons (Fsp3) is 0.375.